The minimum Gasteiger partial charge on any atom is -0.396 e. The molecule has 1 saturated heterocycles. The van der Waals surface area contributed by atoms with Crippen LogP contribution >= 0.6 is 11.6 Å². The standard InChI is InChI=1S/C13H17ClFNO2/c1-9(12-10(14)3-2-4-11(12)15)16-5-13(6-17)7-18-8-13/h2-4,9,16-17H,5-8H2,1H3. The van der Waals surface area contributed by atoms with Gasteiger partial charge in [0.25, 0.3) is 0 Å². The molecule has 100 valence electrons. The molecule has 0 saturated carbocycles. The number of halogens is 2. The smallest absolute Gasteiger partial charge is 0.129 e. The fraction of sp³-hybridized carbons (Fsp3) is 0.538. The topological polar surface area (TPSA) is 41.5 Å². The van der Waals surface area contributed by atoms with Crippen LogP contribution in [0.5, 0.6) is 0 Å². The maximum Gasteiger partial charge on any atom is 0.129 e. The molecule has 1 unspecified atom stereocenters. The summed E-state index contributed by atoms with van der Waals surface area (Å²) < 4.78 is 18.8. The zero-order valence-corrected chi connectivity index (χ0v) is 11.0. The molecule has 1 atom stereocenters. The monoisotopic (exact) mass is 273 g/mol. The highest BCUT2D eigenvalue weighted by Gasteiger charge is 2.38. The Morgan fingerprint density at radius 2 is 2.28 bits per heavy atom. The predicted octanol–water partition coefficient (Wildman–Crippen LogP) is 2.14. The first-order chi connectivity index (χ1) is 8.58. The van der Waals surface area contributed by atoms with Crippen molar-refractivity contribution in [3.8, 4) is 0 Å². The fourth-order valence-corrected chi connectivity index (χ4v) is 2.36. The lowest BCUT2D eigenvalue weighted by Crippen LogP contribution is -2.52. The summed E-state index contributed by atoms with van der Waals surface area (Å²) in [4.78, 5) is 0. The summed E-state index contributed by atoms with van der Waals surface area (Å²) in [5, 5.41) is 12.9. The highest BCUT2D eigenvalue weighted by Crippen LogP contribution is 2.29. The van der Waals surface area contributed by atoms with Gasteiger partial charge in [0.15, 0.2) is 0 Å². The van der Waals surface area contributed by atoms with E-state index in [0.717, 1.165) is 0 Å². The molecule has 1 heterocycles. The number of nitrogens with one attached hydrogen (secondary N) is 1. The number of ether oxygens (including phenoxy) is 1. The Hall–Kier alpha value is -0.680. The van der Waals surface area contributed by atoms with Gasteiger partial charge in [-0.25, -0.2) is 4.39 Å². The average Bonchev–Trinajstić information content (AvgIpc) is 2.28. The normalized spacial score (nSPS) is 19.3. The molecule has 18 heavy (non-hydrogen) atoms. The molecule has 0 spiro atoms. The molecule has 0 amide bonds. The minimum atomic E-state index is -0.314. The van der Waals surface area contributed by atoms with E-state index in [1.807, 2.05) is 6.92 Å². The van der Waals surface area contributed by atoms with Gasteiger partial charge in [-0.15, -0.1) is 0 Å². The van der Waals surface area contributed by atoms with Crippen LogP contribution in [0.25, 0.3) is 0 Å². The summed E-state index contributed by atoms with van der Waals surface area (Å²) in [7, 11) is 0. The Kier molecular flexibility index (Phi) is 4.22. The molecule has 2 N–H and O–H groups in total. The number of aliphatic hydroxyl groups is 1. The molecular weight excluding hydrogens is 257 g/mol. The molecule has 5 heteroatoms. The van der Waals surface area contributed by atoms with Crippen molar-refractivity contribution in [3.63, 3.8) is 0 Å². The molecule has 0 radical (unpaired) electrons. The number of hydrogen-bond acceptors (Lipinski definition) is 3. The minimum absolute atomic E-state index is 0.0672. The van der Waals surface area contributed by atoms with Crippen LogP contribution < -0.4 is 5.32 Å². The Bertz CT molecular complexity index is 398. The van der Waals surface area contributed by atoms with Gasteiger partial charge in [0.1, 0.15) is 5.82 Å². The van der Waals surface area contributed by atoms with Crippen molar-refractivity contribution in [1.82, 2.24) is 5.32 Å². The van der Waals surface area contributed by atoms with Gasteiger partial charge in [0.2, 0.25) is 0 Å². The Morgan fingerprint density at radius 1 is 1.56 bits per heavy atom. The zero-order valence-electron chi connectivity index (χ0n) is 10.2. The third-order valence-corrected chi connectivity index (χ3v) is 3.70. The van der Waals surface area contributed by atoms with E-state index in [0.29, 0.717) is 30.3 Å². The van der Waals surface area contributed by atoms with E-state index < -0.39 is 0 Å². The van der Waals surface area contributed by atoms with Gasteiger partial charge in [-0.2, -0.15) is 0 Å². The van der Waals surface area contributed by atoms with E-state index in [2.05, 4.69) is 5.32 Å². The van der Waals surface area contributed by atoms with Crippen molar-refractivity contribution in [3.05, 3.63) is 34.6 Å². The van der Waals surface area contributed by atoms with Gasteiger partial charge >= 0.3 is 0 Å². The Balaban J connectivity index is 2.01. The summed E-state index contributed by atoms with van der Waals surface area (Å²) in [6.45, 7) is 3.57. The van der Waals surface area contributed by atoms with Crippen molar-refractivity contribution in [1.29, 1.82) is 0 Å². The van der Waals surface area contributed by atoms with Gasteiger partial charge in [0, 0.05) is 23.2 Å². The summed E-state index contributed by atoms with van der Waals surface area (Å²) in [6, 6.07) is 4.45. The maximum atomic E-state index is 13.7. The van der Waals surface area contributed by atoms with Crippen LogP contribution in [-0.2, 0) is 4.74 Å². The number of benzene rings is 1. The molecule has 2 rings (SSSR count). The summed E-state index contributed by atoms with van der Waals surface area (Å²) in [5.74, 6) is -0.314. The van der Waals surface area contributed by atoms with Gasteiger partial charge in [-0.1, -0.05) is 17.7 Å². The third kappa shape index (κ3) is 2.67. The van der Waals surface area contributed by atoms with Crippen LogP contribution in [0.4, 0.5) is 4.39 Å². The van der Waals surface area contributed by atoms with Crippen LogP contribution in [0, 0.1) is 11.2 Å². The van der Waals surface area contributed by atoms with E-state index in [1.165, 1.54) is 6.07 Å². The SMILES string of the molecule is CC(NCC1(CO)COC1)c1c(F)cccc1Cl. The van der Waals surface area contributed by atoms with Crippen LogP contribution in [0.15, 0.2) is 18.2 Å². The highest BCUT2D eigenvalue weighted by molar-refractivity contribution is 6.31. The summed E-state index contributed by atoms with van der Waals surface area (Å²) in [5.41, 5.74) is 0.235. The molecule has 0 bridgehead atoms. The lowest BCUT2D eigenvalue weighted by atomic mass is 9.86. The van der Waals surface area contributed by atoms with Crippen LogP contribution in [0.1, 0.15) is 18.5 Å². The van der Waals surface area contributed by atoms with E-state index >= 15 is 0 Å². The van der Waals surface area contributed by atoms with Crippen LogP contribution in [-0.4, -0.2) is 31.5 Å². The summed E-state index contributed by atoms with van der Waals surface area (Å²) >= 11 is 6.00. The van der Waals surface area contributed by atoms with E-state index in [-0.39, 0.29) is 23.9 Å². The van der Waals surface area contributed by atoms with E-state index in [9.17, 15) is 9.50 Å². The first-order valence-corrected chi connectivity index (χ1v) is 6.32. The first kappa shape index (κ1) is 13.7. The van der Waals surface area contributed by atoms with Crippen molar-refractivity contribution >= 4 is 11.6 Å². The quantitative estimate of drug-likeness (QED) is 0.864. The molecule has 0 aliphatic carbocycles. The van der Waals surface area contributed by atoms with Gasteiger partial charge in [-0.05, 0) is 19.1 Å². The molecule has 0 aromatic heterocycles. The van der Waals surface area contributed by atoms with Crippen molar-refractivity contribution in [2.24, 2.45) is 5.41 Å². The molecule has 1 aromatic rings. The van der Waals surface area contributed by atoms with Crippen LogP contribution in [0.2, 0.25) is 5.02 Å². The second-order valence-corrected chi connectivity index (χ2v) is 5.30. The fourth-order valence-electron chi connectivity index (χ4n) is 2.04. The first-order valence-electron chi connectivity index (χ1n) is 5.94. The van der Waals surface area contributed by atoms with Gasteiger partial charge < -0.3 is 15.2 Å². The van der Waals surface area contributed by atoms with Crippen molar-refractivity contribution < 1.29 is 14.2 Å². The number of hydrogen-bond donors (Lipinski definition) is 2. The Morgan fingerprint density at radius 3 is 2.78 bits per heavy atom. The van der Waals surface area contributed by atoms with Crippen molar-refractivity contribution in [2.45, 2.75) is 13.0 Å². The molecular formula is C13H17ClFNO2. The Labute approximate surface area is 111 Å². The molecule has 1 aromatic carbocycles. The number of aliphatic hydroxyl groups excluding tert-OH is 1. The van der Waals surface area contributed by atoms with E-state index in [1.54, 1.807) is 12.1 Å². The average molecular weight is 274 g/mol. The molecule has 3 nitrogen and oxygen atoms in total. The second-order valence-electron chi connectivity index (χ2n) is 4.89. The molecule has 1 fully saturated rings. The van der Waals surface area contributed by atoms with Crippen molar-refractivity contribution in [2.75, 3.05) is 26.4 Å². The lowest BCUT2D eigenvalue weighted by molar-refractivity contribution is -0.135. The largest absolute Gasteiger partial charge is 0.396 e. The van der Waals surface area contributed by atoms with E-state index in [4.69, 9.17) is 16.3 Å². The zero-order chi connectivity index (χ0) is 13.2. The summed E-state index contributed by atoms with van der Waals surface area (Å²) in [6.07, 6.45) is 0. The molecule has 1 aliphatic heterocycles. The predicted molar refractivity (Wildman–Crippen MR) is 68.2 cm³/mol. The van der Waals surface area contributed by atoms with Crippen LogP contribution in [0.3, 0.4) is 0 Å². The molecule has 1 aliphatic rings. The second kappa shape index (κ2) is 5.53. The number of rotatable bonds is 5. The van der Waals surface area contributed by atoms with Gasteiger partial charge in [0.05, 0.1) is 25.2 Å². The lowest BCUT2D eigenvalue weighted by Gasteiger charge is -2.40. The highest BCUT2D eigenvalue weighted by atomic mass is 35.5. The maximum absolute atomic E-state index is 13.7. The third-order valence-electron chi connectivity index (χ3n) is 3.37. The van der Waals surface area contributed by atoms with Gasteiger partial charge in [-0.3, -0.25) is 0 Å².